The van der Waals surface area contributed by atoms with Gasteiger partial charge in [0.25, 0.3) is 0 Å². The molecule has 7 aromatic carbocycles. The molecule has 1 N–H and O–H groups in total. The van der Waals surface area contributed by atoms with E-state index < -0.39 is 0 Å². The summed E-state index contributed by atoms with van der Waals surface area (Å²) >= 11 is 0. The summed E-state index contributed by atoms with van der Waals surface area (Å²) < 4.78 is 4.85. The standard InChI is InChI=1S/C42H27N3/c1-6-19-37-31(12-1)36-18-11-17-30(42(36)43-37)27-24-28(44-38-20-7-2-13-32(38)33-14-3-8-21-39(33)44)26-29(25-27)45-40-22-9-4-15-34(40)35-16-5-10-23-41(35)45/h1-26,43H. The van der Waals surface area contributed by atoms with E-state index in [0.717, 1.165) is 22.4 Å². The fraction of sp³-hybridized carbons (Fsp3) is 0. The van der Waals surface area contributed by atoms with Gasteiger partial charge >= 0.3 is 0 Å². The zero-order chi connectivity index (χ0) is 29.5. The highest BCUT2D eigenvalue weighted by Gasteiger charge is 2.18. The maximum atomic E-state index is 3.76. The van der Waals surface area contributed by atoms with Gasteiger partial charge in [-0.15, -0.1) is 0 Å². The quantitative estimate of drug-likeness (QED) is 0.218. The Morgan fingerprint density at radius 3 is 1.29 bits per heavy atom. The van der Waals surface area contributed by atoms with E-state index in [1.165, 1.54) is 65.5 Å². The van der Waals surface area contributed by atoms with Gasteiger partial charge in [0.05, 0.1) is 27.6 Å². The number of nitrogens with one attached hydrogen (secondary N) is 1. The molecule has 0 atom stereocenters. The minimum atomic E-state index is 1.13. The van der Waals surface area contributed by atoms with Crippen molar-refractivity contribution in [2.45, 2.75) is 0 Å². The van der Waals surface area contributed by atoms with Gasteiger partial charge in [0.1, 0.15) is 0 Å². The lowest BCUT2D eigenvalue weighted by molar-refractivity contribution is 1.13. The van der Waals surface area contributed by atoms with E-state index in [4.69, 9.17) is 0 Å². The minimum absolute atomic E-state index is 1.13. The maximum absolute atomic E-state index is 3.76. The van der Waals surface area contributed by atoms with Gasteiger partial charge in [-0.1, -0.05) is 109 Å². The third-order valence-electron chi connectivity index (χ3n) is 9.43. The molecule has 3 heteroatoms. The van der Waals surface area contributed by atoms with E-state index in [0.29, 0.717) is 0 Å². The minimum Gasteiger partial charge on any atom is -0.354 e. The van der Waals surface area contributed by atoms with Crippen molar-refractivity contribution in [2.24, 2.45) is 0 Å². The fourth-order valence-corrected chi connectivity index (χ4v) is 7.52. The SMILES string of the molecule is c1ccc2c(c1)[nH]c1c(-c3cc(-n4c5ccccc5c5ccccc54)cc(-n4c5ccccc5c5ccccc54)c3)cccc12. The van der Waals surface area contributed by atoms with E-state index in [-0.39, 0.29) is 0 Å². The molecule has 0 spiro atoms. The molecule has 3 nitrogen and oxygen atoms in total. The summed E-state index contributed by atoms with van der Waals surface area (Å²) in [5.41, 5.74) is 11.7. The zero-order valence-electron chi connectivity index (χ0n) is 24.4. The van der Waals surface area contributed by atoms with Crippen LogP contribution in [0, 0.1) is 0 Å². The van der Waals surface area contributed by atoms with Crippen LogP contribution in [0.2, 0.25) is 0 Å². The second-order valence-electron chi connectivity index (χ2n) is 11.9. The van der Waals surface area contributed by atoms with E-state index in [9.17, 15) is 0 Å². The van der Waals surface area contributed by atoms with E-state index in [1.807, 2.05) is 0 Å². The molecule has 0 fully saturated rings. The Morgan fingerprint density at radius 2 is 0.778 bits per heavy atom. The Bertz CT molecular complexity index is 2530. The Morgan fingerprint density at radius 1 is 0.356 bits per heavy atom. The molecule has 10 rings (SSSR count). The highest BCUT2D eigenvalue weighted by molar-refractivity contribution is 6.13. The molecule has 0 saturated heterocycles. The average Bonchev–Trinajstić information content (AvgIpc) is 3.76. The number of H-pyrrole nitrogens is 1. The first-order chi connectivity index (χ1) is 22.3. The van der Waals surface area contributed by atoms with Gasteiger partial charge in [0.15, 0.2) is 0 Å². The monoisotopic (exact) mass is 573 g/mol. The largest absolute Gasteiger partial charge is 0.354 e. The lowest BCUT2D eigenvalue weighted by Crippen LogP contribution is -2.00. The number of hydrogen-bond donors (Lipinski definition) is 1. The number of benzene rings is 7. The normalized spacial score (nSPS) is 12.0. The highest BCUT2D eigenvalue weighted by atomic mass is 15.0. The van der Waals surface area contributed by atoms with Crippen LogP contribution in [0.15, 0.2) is 158 Å². The highest BCUT2D eigenvalue weighted by Crippen LogP contribution is 2.39. The number of para-hydroxylation sites is 6. The zero-order valence-corrected chi connectivity index (χ0v) is 24.4. The van der Waals surface area contributed by atoms with Gasteiger partial charge < -0.3 is 14.1 Å². The van der Waals surface area contributed by atoms with E-state index in [1.54, 1.807) is 0 Å². The third-order valence-corrected chi connectivity index (χ3v) is 9.43. The first-order valence-corrected chi connectivity index (χ1v) is 15.5. The predicted molar refractivity (Wildman–Crippen MR) is 190 cm³/mol. The molecule has 0 aliphatic carbocycles. The van der Waals surface area contributed by atoms with Crippen molar-refractivity contribution < 1.29 is 0 Å². The lowest BCUT2D eigenvalue weighted by Gasteiger charge is -2.16. The number of hydrogen-bond acceptors (Lipinski definition) is 0. The summed E-state index contributed by atoms with van der Waals surface area (Å²) in [6.07, 6.45) is 0. The third kappa shape index (κ3) is 3.46. The second kappa shape index (κ2) is 9.22. The summed E-state index contributed by atoms with van der Waals surface area (Å²) in [5, 5.41) is 7.52. The van der Waals surface area contributed by atoms with Crippen LogP contribution in [0.4, 0.5) is 0 Å². The predicted octanol–water partition coefficient (Wildman–Crippen LogP) is 11.2. The van der Waals surface area contributed by atoms with E-state index in [2.05, 4.69) is 172 Å². The molecule has 0 bridgehead atoms. The summed E-state index contributed by atoms with van der Waals surface area (Å²) in [4.78, 5) is 3.76. The van der Waals surface area contributed by atoms with Gasteiger partial charge in [-0.25, -0.2) is 0 Å². The summed E-state index contributed by atoms with van der Waals surface area (Å²) in [7, 11) is 0. The van der Waals surface area contributed by atoms with Crippen LogP contribution in [0.3, 0.4) is 0 Å². The number of rotatable bonds is 3. The number of aromatic nitrogens is 3. The molecular weight excluding hydrogens is 546 g/mol. The Labute approximate surface area is 259 Å². The molecule has 3 aromatic heterocycles. The smallest absolute Gasteiger partial charge is 0.0544 e. The average molecular weight is 574 g/mol. The molecule has 0 saturated carbocycles. The molecule has 3 heterocycles. The topological polar surface area (TPSA) is 25.6 Å². The van der Waals surface area contributed by atoms with Crippen molar-refractivity contribution in [3.8, 4) is 22.5 Å². The number of nitrogens with zero attached hydrogens (tertiary/aromatic N) is 2. The van der Waals surface area contributed by atoms with Crippen LogP contribution < -0.4 is 0 Å². The molecule has 10 aromatic rings. The van der Waals surface area contributed by atoms with Gasteiger partial charge in [-0.3, -0.25) is 0 Å². The molecular formula is C42H27N3. The molecule has 210 valence electrons. The van der Waals surface area contributed by atoms with E-state index >= 15 is 0 Å². The van der Waals surface area contributed by atoms with Gasteiger partial charge in [0, 0.05) is 54.8 Å². The first kappa shape index (κ1) is 24.4. The summed E-state index contributed by atoms with van der Waals surface area (Å²) in [6.45, 7) is 0. The second-order valence-corrected chi connectivity index (χ2v) is 11.9. The molecule has 45 heavy (non-hydrogen) atoms. The van der Waals surface area contributed by atoms with Crippen LogP contribution in [0.1, 0.15) is 0 Å². The van der Waals surface area contributed by atoms with Gasteiger partial charge in [-0.05, 0) is 54.1 Å². The van der Waals surface area contributed by atoms with Gasteiger partial charge in [-0.2, -0.15) is 0 Å². The van der Waals surface area contributed by atoms with Crippen molar-refractivity contribution in [3.05, 3.63) is 158 Å². The maximum Gasteiger partial charge on any atom is 0.0544 e. The molecule has 0 radical (unpaired) electrons. The summed E-state index contributed by atoms with van der Waals surface area (Å²) in [6, 6.07) is 57.3. The first-order valence-electron chi connectivity index (χ1n) is 15.5. The number of fused-ring (bicyclic) bond motifs is 9. The lowest BCUT2D eigenvalue weighted by atomic mass is 10.0. The van der Waals surface area contributed by atoms with Crippen LogP contribution in [0.5, 0.6) is 0 Å². The summed E-state index contributed by atoms with van der Waals surface area (Å²) in [5.74, 6) is 0. The Balaban J connectivity index is 1.35. The number of aromatic amines is 1. The van der Waals surface area contributed by atoms with Crippen molar-refractivity contribution >= 4 is 65.4 Å². The van der Waals surface area contributed by atoms with Crippen molar-refractivity contribution in [1.82, 2.24) is 14.1 Å². The molecule has 0 aliphatic heterocycles. The van der Waals surface area contributed by atoms with Crippen molar-refractivity contribution in [3.63, 3.8) is 0 Å². The molecule has 0 aliphatic rings. The Kier molecular flexibility index (Phi) is 5.00. The van der Waals surface area contributed by atoms with Crippen LogP contribution in [-0.4, -0.2) is 14.1 Å². The van der Waals surface area contributed by atoms with Gasteiger partial charge in [0.2, 0.25) is 0 Å². The molecule has 0 amide bonds. The van der Waals surface area contributed by atoms with Crippen LogP contribution in [-0.2, 0) is 0 Å². The van der Waals surface area contributed by atoms with Crippen molar-refractivity contribution in [1.29, 1.82) is 0 Å². The van der Waals surface area contributed by atoms with Crippen LogP contribution >= 0.6 is 0 Å². The van der Waals surface area contributed by atoms with Crippen LogP contribution in [0.25, 0.3) is 87.9 Å². The Hall–Kier alpha value is -6.06. The van der Waals surface area contributed by atoms with Crippen molar-refractivity contribution in [2.75, 3.05) is 0 Å². The molecule has 0 unspecified atom stereocenters. The fourth-order valence-electron chi connectivity index (χ4n) is 7.52.